The molecule has 21 rings (SSSR count). The van der Waals surface area contributed by atoms with E-state index >= 15 is 0 Å². The fraction of sp³-hybridized carbons (Fsp3) is 0.589. The molecule has 9 saturated carbocycles. The van der Waals surface area contributed by atoms with Crippen LogP contribution in [0, 0.1) is 22.7 Å². The van der Waals surface area contributed by atoms with E-state index in [1.165, 1.54) is 253 Å². The van der Waals surface area contributed by atoms with Crippen LogP contribution in [-0.2, 0) is 54.9 Å². The van der Waals surface area contributed by atoms with Crippen molar-refractivity contribution in [1.29, 1.82) is 0 Å². The Morgan fingerprint density at radius 3 is 1.22 bits per heavy atom. The van der Waals surface area contributed by atoms with Crippen LogP contribution in [0.2, 0.25) is 0 Å². The molecule has 10 aliphatic rings. The number of para-hydroxylation sites is 10. The molecule has 11 aromatic rings. The third-order valence-corrected chi connectivity index (χ3v) is 35.9. The summed E-state index contributed by atoms with van der Waals surface area (Å²) in [6.07, 6.45) is 52.4. The Balaban J connectivity index is 0.000000126. The van der Waals surface area contributed by atoms with E-state index in [-0.39, 0.29) is 35.0 Å². The average Bonchev–Trinajstić information content (AvgIpc) is 1.55. The highest BCUT2D eigenvalue weighted by Crippen LogP contribution is 2.65. The van der Waals surface area contributed by atoms with Gasteiger partial charge in [0, 0.05) is 157 Å². The molecule has 148 heavy (non-hydrogen) atoms. The summed E-state index contributed by atoms with van der Waals surface area (Å²) in [7, 11) is 3.38. The van der Waals surface area contributed by atoms with Crippen molar-refractivity contribution in [3.8, 4) is 28.7 Å². The van der Waals surface area contributed by atoms with Gasteiger partial charge in [-0.1, -0.05) is 228 Å². The Morgan fingerprint density at radius 1 is 0.412 bits per heavy atom. The highest BCUT2D eigenvalue weighted by atomic mass is 16.5. The fourth-order valence-electron chi connectivity index (χ4n) is 27.1. The lowest BCUT2D eigenvalue weighted by Crippen LogP contribution is -2.48. The number of pyridine rings is 1. The Labute approximate surface area is 880 Å². The van der Waals surface area contributed by atoms with Gasteiger partial charge in [-0.3, -0.25) is 24.0 Å². The third-order valence-electron chi connectivity index (χ3n) is 35.9. The van der Waals surface area contributed by atoms with Crippen molar-refractivity contribution in [3.05, 3.63) is 181 Å². The number of fused-ring (bicyclic) bond motifs is 7. The smallest absolute Gasteiger partial charge is 0.337 e. The first-order chi connectivity index (χ1) is 72.2. The lowest BCUT2D eigenvalue weighted by atomic mass is 9.69. The largest absolute Gasteiger partial charge is 0.478 e. The molecule has 0 radical (unpaired) electrons. The highest BCUT2D eigenvalue weighted by Gasteiger charge is 2.61. The number of hydrogen-bond acceptors (Lipinski definition) is 15. The minimum Gasteiger partial charge on any atom is -0.478 e. The van der Waals surface area contributed by atoms with Gasteiger partial charge in [0.05, 0.1) is 74.8 Å². The highest BCUT2D eigenvalue weighted by molar-refractivity contribution is 5.91. The number of aromatic nitrogens is 9. The maximum atomic E-state index is 13.1. The monoisotopic (exact) mass is 2010 g/mol. The second-order valence-electron chi connectivity index (χ2n) is 44.8. The van der Waals surface area contributed by atoms with Gasteiger partial charge in [0.1, 0.15) is 29.5 Å². The van der Waals surface area contributed by atoms with Crippen LogP contribution in [0.15, 0.2) is 164 Å². The number of carbonyl (C=O) groups excluding carboxylic acids is 6. The number of benzene rings is 6. The summed E-state index contributed by atoms with van der Waals surface area (Å²) in [6, 6.07) is 54.7. The van der Waals surface area contributed by atoms with Gasteiger partial charge < -0.3 is 62.9 Å². The molecule has 0 saturated heterocycles. The van der Waals surface area contributed by atoms with Gasteiger partial charge in [0.15, 0.2) is 0 Å². The van der Waals surface area contributed by atoms with Gasteiger partial charge >= 0.3 is 5.97 Å². The molecule has 2 N–H and O–H groups in total. The van der Waals surface area contributed by atoms with E-state index in [9.17, 15) is 28.8 Å². The predicted molar refractivity (Wildman–Crippen MR) is 596 cm³/mol. The van der Waals surface area contributed by atoms with E-state index in [0.717, 1.165) is 133 Å². The summed E-state index contributed by atoms with van der Waals surface area (Å²) < 4.78 is 19.2. The maximum Gasteiger partial charge on any atom is 0.337 e. The molecule has 6 aromatic carbocycles. The molecule has 794 valence electrons. The van der Waals surface area contributed by atoms with Crippen LogP contribution in [0.4, 0.5) is 11.4 Å². The van der Waals surface area contributed by atoms with Crippen molar-refractivity contribution >= 4 is 91.0 Å². The second-order valence-corrected chi connectivity index (χ2v) is 44.8. The SMILES string of the molecule is CC1(C)[C@@H]2CC[C@@]1(C)[C@H](NC(=O)CCN1c3ccccc3NC1C1CCCCC1)C2.CCN(C(=O)CCn1c(-c2ccc(C(=O)OC)cc2)nc2ccccc21)C1CCCCC1.CCN(C(=O)CCn1c(C2CCCCC2)nc2ccccc21)C1CCCCC1.CCOc1ccc(-c2nc3ccccc3n2CCC(=O)N(CC)C2CCCCC2)cn1.CN(C(=O)CCn1c(C2CCCCC2)nc2ccccc21)C1CCCCC1. The van der Waals surface area contributed by atoms with E-state index in [0.29, 0.717) is 129 Å². The molecular formula is C124H170N16O8. The van der Waals surface area contributed by atoms with Gasteiger partial charge in [0.25, 0.3) is 0 Å². The van der Waals surface area contributed by atoms with Crippen molar-refractivity contribution in [2.24, 2.45) is 22.7 Å². The number of imidazole rings is 4. The van der Waals surface area contributed by atoms with Crippen LogP contribution in [0.25, 0.3) is 66.9 Å². The van der Waals surface area contributed by atoms with E-state index in [1.54, 1.807) is 18.3 Å². The Morgan fingerprint density at radius 2 is 0.804 bits per heavy atom. The molecule has 1 unspecified atom stereocenters. The van der Waals surface area contributed by atoms with E-state index < -0.39 is 0 Å². The normalized spacial score (nSPS) is 20.4. The number of esters is 1. The van der Waals surface area contributed by atoms with Crippen LogP contribution < -0.4 is 20.3 Å². The molecule has 6 heterocycles. The first-order valence-electron chi connectivity index (χ1n) is 57.9. The van der Waals surface area contributed by atoms with Crippen molar-refractivity contribution in [2.45, 2.75) is 399 Å². The second kappa shape index (κ2) is 51.9. The first-order valence-corrected chi connectivity index (χ1v) is 57.9. The quantitative estimate of drug-likeness (QED) is 0.0384. The van der Waals surface area contributed by atoms with Gasteiger partial charge in [0.2, 0.25) is 35.4 Å². The maximum absolute atomic E-state index is 13.1. The zero-order valence-electron chi connectivity index (χ0n) is 90.7. The number of aryl methyl sites for hydroxylation is 4. The van der Waals surface area contributed by atoms with Crippen LogP contribution >= 0.6 is 0 Å². The van der Waals surface area contributed by atoms with Crippen LogP contribution in [0.5, 0.6) is 5.88 Å². The Bertz CT molecular complexity index is 6150. The standard InChI is InChI=1S/C26H31N3O3.C26H39N3O.C25H32N4O2.C24H35N3O.C23H33N3O/c1-3-28(21-9-5-4-6-10-21)24(30)17-18-29-23-12-8-7-11-22(23)27-25(29)19-13-15-20(16-14-19)26(31)32-2;1-25(2)19-13-15-26(25,3)22(17-19)28-23(30)14-16-29-21-12-8-7-11-20(21)27-24(29)18-9-5-4-6-10-18;1-3-28(20-10-6-5-7-11-20)24(30)16-17-29-22-13-9-8-12-21(22)27-25(29)19-14-15-23(26-18-19)31-4-2;1-2-26(20-13-7-4-8-14-20)23(28)17-18-27-22-16-10-9-15-21(22)25-24(27)19-11-5-3-6-12-19;1-25(19-12-6-3-7-13-19)22(27)16-17-26-21-15-9-8-14-20(21)24-23(26)18-10-4-2-5-11-18/h7-8,11-16,21H,3-6,9-10,17-18H2,1-2H3;7-8,11-12,18-19,22,24,27H,4-6,9-10,13-17H2,1-3H3,(H,28,30);8-9,12-15,18,20H,3-7,10-11,16-17H2,1-2H3;9-10,15-16,19-20H,2-8,11-14,17-18H2,1H3;8-9,14-15,18-19H,2-7,10-13,16-17H2,1H3/t;19-,22-,24?,26+;;;/m.1.../s1. The number of hydrogen-bond donors (Lipinski definition) is 2. The van der Waals surface area contributed by atoms with Crippen molar-refractivity contribution < 1.29 is 38.2 Å². The van der Waals surface area contributed by atoms with Gasteiger partial charge in [-0.05, 0) is 238 Å². The predicted octanol–water partition coefficient (Wildman–Crippen LogP) is 26.6. The van der Waals surface area contributed by atoms with E-state index in [4.69, 9.17) is 29.4 Å². The molecule has 9 aliphatic carbocycles. The Hall–Kier alpha value is -11.4. The molecule has 1 aliphatic heterocycles. The number of carbonyl (C=O) groups is 6. The molecule has 24 heteroatoms. The minimum atomic E-state index is -0.363. The van der Waals surface area contributed by atoms with E-state index in [2.05, 4.69) is 174 Å². The minimum absolute atomic E-state index is 0.212. The average molecular weight is 2010 g/mol. The van der Waals surface area contributed by atoms with Gasteiger partial charge in [-0.15, -0.1) is 0 Å². The first kappa shape index (κ1) is 108. The molecule has 5 amide bonds. The van der Waals surface area contributed by atoms with Crippen LogP contribution in [0.1, 0.15) is 358 Å². The topological polar surface area (TPSA) is 245 Å². The fourth-order valence-corrected chi connectivity index (χ4v) is 27.1. The van der Waals surface area contributed by atoms with Crippen molar-refractivity contribution in [3.63, 3.8) is 0 Å². The number of nitrogens with one attached hydrogen (secondary N) is 2. The Kier molecular flexibility index (Phi) is 37.8. The number of nitrogens with zero attached hydrogens (tertiary/aromatic N) is 14. The summed E-state index contributed by atoms with van der Waals surface area (Å²) in [5.74, 6) is 8.15. The summed E-state index contributed by atoms with van der Waals surface area (Å²) >= 11 is 0. The molecule has 4 atom stereocenters. The number of amides is 5. The van der Waals surface area contributed by atoms with E-state index in [1.807, 2.05) is 85.6 Å². The summed E-state index contributed by atoms with van der Waals surface area (Å²) in [4.78, 5) is 112. The third kappa shape index (κ3) is 25.5. The van der Waals surface area contributed by atoms with Gasteiger partial charge in [-0.2, -0.15) is 0 Å². The number of anilines is 2. The van der Waals surface area contributed by atoms with Crippen molar-refractivity contribution in [1.82, 2.24) is 68.1 Å². The number of methoxy groups -OCH3 is 1. The summed E-state index contributed by atoms with van der Waals surface area (Å²) in [6.45, 7) is 21.9. The summed E-state index contributed by atoms with van der Waals surface area (Å²) in [5, 5.41) is 7.25. The molecular weight excluding hydrogens is 1840 g/mol. The zero-order chi connectivity index (χ0) is 103. The lowest BCUT2D eigenvalue weighted by molar-refractivity contribution is -0.135. The molecule has 0 spiro atoms. The molecule has 24 nitrogen and oxygen atoms in total. The number of rotatable bonds is 31. The van der Waals surface area contributed by atoms with Crippen LogP contribution in [0.3, 0.4) is 0 Å². The van der Waals surface area contributed by atoms with Crippen LogP contribution in [-0.4, -0.2) is 182 Å². The molecule has 2 bridgehead atoms. The lowest BCUT2D eigenvalue weighted by Gasteiger charge is -2.39. The van der Waals surface area contributed by atoms with Crippen molar-refractivity contribution in [2.75, 3.05) is 57.2 Å². The van der Waals surface area contributed by atoms with Gasteiger partial charge in [-0.25, -0.2) is 29.7 Å². The number of ether oxygens (including phenoxy) is 2. The zero-order valence-corrected chi connectivity index (χ0v) is 90.7. The molecule has 9 fully saturated rings. The molecule has 5 aromatic heterocycles. The summed E-state index contributed by atoms with van der Waals surface area (Å²) in [5.41, 5.74) is 13.8.